The van der Waals surface area contributed by atoms with E-state index < -0.39 is 0 Å². The highest BCUT2D eigenvalue weighted by molar-refractivity contribution is 5.99. The van der Waals surface area contributed by atoms with Crippen LogP contribution in [-0.4, -0.2) is 16.6 Å². The first-order valence-electron chi connectivity index (χ1n) is 13.4. The van der Waals surface area contributed by atoms with Crippen LogP contribution in [-0.2, 0) is 13.0 Å². The van der Waals surface area contributed by atoms with Crippen molar-refractivity contribution in [3.63, 3.8) is 0 Å². The van der Waals surface area contributed by atoms with Gasteiger partial charge in [-0.1, -0.05) is 79.2 Å². The Kier molecular flexibility index (Phi) is 9.57. The van der Waals surface area contributed by atoms with Crippen LogP contribution in [0, 0.1) is 11.8 Å². The van der Waals surface area contributed by atoms with Crippen molar-refractivity contribution < 1.29 is 9.63 Å². The zero-order valence-electron chi connectivity index (χ0n) is 22.8. The molecule has 0 saturated carbocycles. The van der Waals surface area contributed by atoms with Gasteiger partial charge in [-0.25, -0.2) is 0 Å². The van der Waals surface area contributed by atoms with Gasteiger partial charge < -0.3 is 9.40 Å². The maximum absolute atomic E-state index is 13.5. The number of carbonyl (C=O) groups excluding carboxylic acids is 1. The number of benzene rings is 3. The van der Waals surface area contributed by atoms with E-state index >= 15 is 0 Å². The Morgan fingerprint density at radius 2 is 1.67 bits per heavy atom. The molecule has 0 fully saturated rings. The number of ketones is 1. The number of hydrogen-bond acceptors (Lipinski definition) is 5. The summed E-state index contributed by atoms with van der Waals surface area (Å²) in [5.41, 5.74) is 6.37. The summed E-state index contributed by atoms with van der Waals surface area (Å²) in [4.78, 5) is 29.9. The Bertz CT molecular complexity index is 1420. The van der Waals surface area contributed by atoms with Crippen molar-refractivity contribution in [1.29, 1.82) is 0 Å². The van der Waals surface area contributed by atoms with Crippen LogP contribution in [0.1, 0.15) is 77.5 Å². The first-order chi connectivity index (χ1) is 18.9. The number of Topliss-reactive ketones (excluding diaryl/α,β-unsaturated/α-hetero) is 1. The van der Waals surface area contributed by atoms with Crippen LogP contribution in [0.5, 0.6) is 5.75 Å². The molecule has 1 aromatic heterocycles. The molecular formula is C33H35N3O3. The number of aryl methyl sites for hydroxylation is 2. The number of hydrogen-bond donors (Lipinski definition) is 0. The first-order valence-corrected chi connectivity index (χ1v) is 13.4. The number of oxime groups is 1. The summed E-state index contributed by atoms with van der Waals surface area (Å²) in [5, 5.41) is 7.26. The van der Waals surface area contributed by atoms with Gasteiger partial charge >= 0.3 is 0 Å². The molecule has 0 radical (unpaired) electrons. The SMILES string of the molecule is Cc1ccc(O/N=C/c2cc(C(=O)CCCCc3cccc(N=O)c3)c(C(C)C)n2Cc2ccccc2)cc1. The molecule has 0 amide bonds. The summed E-state index contributed by atoms with van der Waals surface area (Å²) in [6.45, 7) is 6.89. The Labute approximate surface area is 230 Å². The highest BCUT2D eigenvalue weighted by Gasteiger charge is 2.22. The van der Waals surface area contributed by atoms with Crippen molar-refractivity contribution in [1.82, 2.24) is 4.57 Å². The quantitative estimate of drug-likeness (QED) is 0.0583. The third-order valence-corrected chi connectivity index (χ3v) is 6.70. The van der Waals surface area contributed by atoms with Crippen molar-refractivity contribution >= 4 is 17.7 Å². The van der Waals surface area contributed by atoms with Gasteiger partial charge in [-0.2, -0.15) is 0 Å². The van der Waals surface area contributed by atoms with E-state index in [-0.39, 0.29) is 11.7 Å². The zero-order valence-corrected chi connectivity index (χ0v) is 22.8. The Morgan fingerprint density at radius 1 is 0.923 bits per heavy atom. The van der Waals surface area contributed by atoms with Crippen LogP contribution in [0.15, 0.2) is 95.3 Å². The van der Waals surface area contributed by atoms with E-state index in [4.69, 9.17) is 4.84 Å². The van der Waals surface area contributed by atoms with E-state index in [1.54, 1.807) is 18.3 Å². The summed E-state index contributed by atoms with van der Waals surface area (Å²) in [6, 6.07) is 27.2. The predicted molar refractivity (Wildman–Crippen MR) is 157 cm³/mol. The average Bonchev–Trinajstić information content (AvgIpc) is 3.31. The minimum Gasteiger partial charge on any atom is -0.357 e. The molecule has 6 heteroatoms. The van der Waals surface area contributed by atoms with Crippen molar-refractivity contribution in [2.24, 2.45) is 10.3 Å². The highest BCUT2D eigenvalue weighted by Crippen LogP contribution is 2.27. The molecule has 4 rings (SSSR count). The van der Waals surface area contributed by atoms with E-state index in [0.717, 1.165) is 52.9 Å². The van der Waals surface area contributed by atoms with Crippen LogP contribution < -0.4 is 4.84 Å². The molecule has 3 aromatic carbocycles. The molecular weight excluding hydrogens is 486 g/mol. The number of nitrogens with zero attached hydrogens (tertiary/aromatic N) is 3. The van der Waals surface area contributed by atoms with Gasteiger partial charge in [0.2, 0.25) is 0 Å². The molecule has 0 saturated heterocycles. The number of unbranched alkanes of at least 4 members (excludes halogenated alkanes) is 1. The Hall–Kier alpha value is -4.32. The van der Waals surface area contributed by atoms with Crippen LogP contribution in [0.2, 0.25) is 0 Å². The summed E-state index contributed by atoms with van der Waals surface area (Å²) < 4.78 is 2.17. The number of rotatable bonds is 13. The molecule has 0 aliphatic rings. The molecule has 0 atom stereocenters. The second-order valence-corrected chi connectivity index (χ2v) is 10.1. The van der Waals surface area contributed by atoms with E-state index in [1.807, 2.05) is 67.6 Å². The monoisotopic (exact) mass is 521 g/mol. The fourth-order valence-corrected chi connectivity index (χ4v) is 4.74. The van der Waals surface area contributed by atoms with E-state index in [9.17, 15) is 9.70 Å². The van der Waals surface area contributed by atoms with Gasteiger partial charge in [-0.3, -0.25) is 4.79 Å². The number of carbonyl (C=O) groups is 1. The third kappa shape index (κ3) is 7.60. The van der Waals surface area contributed by atoms with Crippen molar-refractivity contribution in [2.75, 3.05) is 0 Å². The summed E-state index contributed by atoms with van der Waals surface area (Å²) in [7, 11) is 0. The highest BCUT2D eigenvalue weighted by atomic mass is 16.6. The van der Waals surface area contributed by atoms with Crippen LogP contribution in [0.25, 0.3) is 0 Å². The van der Waals surface area contributed by atoms with Gasteiger partial charge in [0.25, 0.3) is 0 Å². The van der Waals surface area contributed by atoms with Gasteiger partial charge in [-0.05, 0) is 78.7 Å². The molecule has 0 bridgehead atoms. The maximum Gasteiger partial charge on any atom is 0.164 e. The standard InChI is InChI=1S/C33H35N3O3/c1-24(2)33-31(32(37)15-8-7-10-26-13-9-14-28(20-26)35-38)21-29(36(33)23-27-11-5-4-6-12-27)22-34-39-30-18-16-25(3)17-19-30/h4-6,9,11-14,16-22,24H,7-8,10,15,23H2,1-3H3/b34-22+. The molecule has 39 heavy (non-hydrogen) atoms. The molecule has 0 N–H and O–H groups in total. The predicted octanol–water partition coefficient (Wildman–Crippen LogP) is 8.37. The number of nitroso groups, excluding NO2 is 1. The zero-order chi connectivity index (χ0) is 27.6. The lowest BCUT2D eigenvalue weighted by atomic mass is 9.98. The maximum atomic E-state index is 13.5. The van der Waals surface area contributed by atoms with Crippen molar-refractivity contribution in [2.45, 2.75) is 58.9 Å². The van der Waals surface area contributed by atoms with Crippen LogP contribution >= 0.6 is 0 Å². The third-order valence-electron chi connectivity index (χ3n) is 6.70. The normalized spacial score (nSPS) is 11.3. The fraction of sp³-hybridized carbons (Fsp3) is 0.273. The van der Waals surface area contributed by atoms with E-state index in [2.05, 4.69) is 40.9 Å². The lowest BCUT2D eigenvalue weighted by Gasteiger charge is -2.16. The van der Waals surface area contributed by atoms with E-state index in [1.165, 1.54) is 0 Å². The van der Waals surface area contributed by atoms with E-state index in [0.29, 0.717) is 24.4 Å². The molecule has 0 spiro atoms. The Morgan fingerprint density at radius 3 is 2.38 bits per heavy atom. The molecule has 0 aliphatic heterocycles. The minimum atomic E-state index is 0.128. The summed E-state index contributed by atoms with van der Waals surface area (Å²) >= 11 is 0. The summed E-state index contributed by atoms with van der Waals surface area (Å²) in [6.07, 6.45) is 4.57. The fourth-order valence-electron chi connectivity index (χ4n) is 4.74. The largest absolute Gasteiger partial charge is 0.357 e. The van der Waals surface area contributed by atoms with Crippen molar-refractivity contribution in [3.05, 3.63) is 123 Å². The summed E-state index contributed by atoms with van der Waals surface area (Å²) in [5.74, 6) is 0.933. The molecule has 4 aromatic rings. The lowest BCUT2D eigenvalue weighted by Crippen LogP contribution is -2.12. The second kappa shape index (κ2) is 13.5. The molecule has 0 unspecified atom stereocenters. The first kappa shape index (κ1) is 27.7. The molecule has 0 aliphatic carbocycles. The molecule has 200 valence electrons. The van der Waals surface area contributed by atoms with Gasteiger partial charge in [0.1, 0.15) is 5.69 Å². The van der Waals surface area contributed by atoms with Crippen molar-refractivity contribution in [3.8, 4) is 5.75 Å². The molecule has 6 nitrogen and oxygen atoms in total. The van der Waals surface area contributed by atoms with Gasteiger partial charge in [-0.15, -0.1) is 4.91 Å². The van der Waals surface area contributed by atoms with Gasteiger partial charge in [0.15, 0.2) is 11.5 Å². The van der Waals surface area contributed by atoms with Gasteiger partial charge in [0.05, 0.1) is 11.9 Å². The molecule has 1 heterocycles. The number of aromatic nitrogens is 1. The Balaban J connectivity index is 1.53. The smallest absolute Gasteiger partial charge is 0.164 e. The van der Waals surface area contributed by atoms with Crippen LogP contribution in [0.4, 0.5) is 5.69 Å². The van der Waals surface area contributed by atoms with Gasteiger partial charge in [0, 0.05) is 24.2 Å². The topological polar surface area (TPSA) is 73.0 Å². The second-order valence-electron chi connectivity index (χ2n) is 10.1. The van der Waals surface area contributed by atoms with Crippen LogP contribution in [0.3, 0.4) is 0 Å². The minimum absolute atomic E-state index is 0.128. The lowest BCUT2D eigenvalue weighted by molar-refractivity contribution is 0.0978. The average molecular weight is 522 g/mol.